The Morgan fingerprint density at radius 3 is 2.22 bits per heavy atom. The van der Waals surface area contributed by atoms with Gasteiger partial charge in [0.1, 0.15) is 11.2 Å². The van der Waals surface area contributed by atoms with Crippen molar-refractivity contribution in [1.29, 1.82) is 0 Å². The Bertz CT molecular complexity index is 1760. The average Bonchev–Trinajstić information content (AvgIpc) is 3.34. The molecule has 0 bridgehead atoms. The summed E-state index contributed by atoms with van der Waals surface area (Å²) in [5.41, 5.74) is 9.76. The Morgan fingerprint density at radius 1 is 0.778 bits per heavy atom. The molecule has 2 N–H and O–H groups in total. The Hall–Kier alpha value is -4.82. The largest absolute Gasteiger partial charge is 0.368 e. The number of anilines is 1. The van der Waals surface area contributed by atoms with Gasteiger partial charge >= 0.3 is 0 Å². The van der Waals surface area contributed by atoms with Crippen LogP contribution in [0.2, 0.25) is 5.02 Å². The molecule has 0 aliphatic rings. The van der Waals surface area contributed by atoms with E-state index in [1.165, 1.54) is 0 Å². The maximum Gasteiger partial charge on any atom is 0.269 e. The van der Waals surface area contributed by atoms with Gasteiger partial charge in [-0.05, 0) is 42.5 Å². The molecule has 0 atom stereocenters. The van der Waals surface area contributed by atoms with E-state index in [2.05, 4.69) is 15.1 Å². The summed E-state index contributed by atoms with van der Waals surface area (Å²) in [4.78, 5) is 27.0. The van der Waals surface area contributed by atoms with Gasteiger partial charge in [-0.25, -0.2) is 19.6 Å². The zero-order valence-corrected chi connectivity index (χ0v) is 19.5. The Labute approximate surface area is 210 Å². The normalized spacial score (nSPS) is 11.1. The quantitative estimate of drug-likeness (QED) is 0.375. The number of para-hydroxylation sites is 1. The molecule has 6 rings (SSSR count). The molecule has 0 radical (unpaired) electrons. The van der Waals surface area contributed by atoms with Crippen molar-refractivity contribution in [1.82, 2.24) is 29.3 Å². The van der Waals surface area contributed by atoms with E-state index >= 15 is 0 Å². The molecule has 3 aromatic carbocycles. The zero-order chi connectivity index (χ0) is 24.6. The summed E-state index contributed by atoms with van der Waals surface area (Å²) < 4.78 is 3.25. The number of aromatic nitrogens is 6. The summed E-state index contributed by atoms with van der Waals surface area (Å²) in [6.07, 6.45) is 3.17. The molecule has 6 aromatic rings. The highest BCUT2D eigenvalue weighted by atomic mass is 35.5. The van der Waals surface area contributed by atoms with Crippen molar-refractivity contribution in [2.45, 2.75) is 0 Å². The summed E-state index contributed by atoms with van der Waals surface area (Å²) in [7, 11) is 0. The van der Waals surface area contributed by atoms with Crippen LogP contribution in [0.5, 0.6) is 0 Å². The molecule has 0 fully saturated rings. The smallest absolute Gasteiger partial charge is 0.269 e. The molecule has 36 heavy (non-hydrogen) atoms. The number of hydrogen-bond donors (Lipinski definition) is 1. The third kappa shape index (κ3) is 3.79. The van der Waals surface area contributed by atoms with Crippen molar-refractivity contribution in [3.8, 4) is 34.0 Å². The van der Waals surface area contributed by atoms with Crippen LogP contribution in [0.3, 0.4) is 0 Å². The van der Waals surface area contributed by atoms with Gasteiger partial charge in [0.05, 0.1) is 23.3 Å². The second-order valence-corrected chi connectivity index (χ2v) is 8.50. The number of benzene rings is 3. The van der Waals surface area contributed by atoms with E-state index in [1.807, 2.05) is 54.6 Å². The van der Waals surface area contributed by atoms with Crippen molar-refractivity contribution in [3.05, 3.63) is 113 Å². The van der Waals surface area contributed by atoms with Gasteiger partial charge in [0.2, 0.25) is 5.95 Å². The third-order valence-electron chi connectivity index (χ3n) is 5.80. The van der Waals surface area contributed by atoms with Gasteiger partial charge in [0, 0.05) is 22.3 Å². The van der Waals surface area contributed by atoms with E-state index in [0.717, 1.165) is 16.8 Å². The van der Waals surface area contributed by atoms with Crippen LogP contribution >= 0.6 is 11.6 Å². The number of nitrogens with zero attached hydrogens (tertiary/aromatic N) is 6. The summed E-state index contributed by atoms with van der Waals surface area (Å²) >= 11 is 6.11. The highest BCUT2D eigenvalue weighted by Crippen LogP contribution is 2.26. The van der Waals surface area contributed by atoms with Gasteiger partial charge in [-0.2, -0.15) is 5.10 Å². The van der Waals surface area contributed by atoms with Crippen LogP contribution in [-0.4, -0.2) is 29.3 Å². The van der Waals surface area contributed by atoms with Gasteiger partial charge in [0.25, 0.3) is 5.56 Å². The van der Waals surface area contributed by atoms with Crippen molar-refractivity contribution in [2.24, 2.45) is 0 Å². The van der Waals surface area contributed by atoms with Crippen LogP contribution in [0.15, 0.2) is 102 Å². The number of rotatable bonds is 4. The monoisotopic (exact) mass is 491 g/mol. The highest BCUT2D eigenvalue weighted by molar-refractivity contribution is 6.30. The highest BCUT2D eigenvalue weighted by Gasteiger charge is 2.19. The molecular formula is C27H18ClN7O. The van der Waals surface area contributed by atoms with Crippen LogP contribution in [0.1, 0.15) is 0 Å². The first-order chi connectivity index (χ1) is 17.6. The van der Waals surface area contributed by atoms with Gasteiger partial charge in [-0.1, -0.05) is 54.1 Å². The summed E-state index contributed by atoms with van der Waals surface area (Å²) in [6.45, 7) is 0. The fraction of sp³-hybridized carbons (Fsp3) is 0. The number of fused-ring (bicyclic) bond motifs is 1. The van der Waals surface area contributed by atoms with Gasteiger partial charge in [-0.15, -0.1) is 0 Å². The molecule has 0 saturated heterocycles. The second-order valence-electron chi connectivity index (χ2n) is 8.06. The fourth-order valence-electron chi connectivity index (χ4n) is 4.07. The van der Waals surface area contributed by atoms with Crippen LogP contribution in [0.25, 0.3) is 45.1 Å². The van der Waals surface area contributed by atoms with Gasteiger partial charge in [0.15, 0.2) is 5.65 Å². The fourth-order valence-corrected chi connectivity index (χ4v) is 4.20. The topological polar surface area (TPSA) is 105 Å². The van der Waals surface area contributed by atoms with E-state index in [-0.39, 0.29) is 11.5 Å². The first kappa shape index (κ1) is 21.7. The number of hydrogen-bond acceptors (Lipinski definition) is 6. The first-order valence-electron chi connectivity index (χ1n) is 11.1. The van der Waals surface area contributed by atoms with Crippen molar-refractivity contribution < 1.29 is 0 Å². The number of nitrogen functional groups attached to an aromatic ring is 1. The Kier molecular flexibility index (Phi) is 5.28. The minimum Gasteiger partial charge on any atom is -0.368 e. The first-order valence-corrected chi connectivity index (χ1v) is 11.5. The Morgan fingerprint density at radius 2 is 1.50 bits per heavy atom. The summed E-state index contributed by atoms with van der Waals surface area (Å²) in [5, 5.41) is 5.45. The van der Waals surface area contributed by atoms with E-state index in [4.69, 9.17) is 22.3 Å². The van der Waals surface area contributed by atoms with E-state index < -0.39 is 0 Å². The lowest BCUT2D eigenvalue weighted by Crippen LogP contribution is -2.22. The molecule has 3 heterocycles. The molecule has 3 aromatic heterocycles. The SMILES string of the molecule is Nc1nccc(-c2ccc(-c3nc4c(cnn4-c4ccccc4)c(=O)n3-c3ccc(Cl)cc3)cc2)n1. The number of nitrogens with two attached hydrogens (primary N) is 1. The number of halogens is 1. The predicted octanol–water partition coefficient (Wildman–Crippen LogP) is 4.93. The maximum atomic E-state index is 13.8. The van der Waals surface area contributed by atoms with Crippen LogP contribution in [0, 0.1) is 0 Å². The van der Waals surface area contributed by atoms with Crippen LogP contribution in [0.4, 0.5) is 5.95 Å². The minimum atomic E-state index is -0.229. The van der Waals surface area contributed by atoms with E-state index in [9.17, 15) is 4.79 Å². The Balaban J connectivity index is 1.58. The predicted molar refractivity (Wildman–Crippen MR) is 140 cm³/mol. The molecule has 0 aliphatic heterocycles. The van der Waals surface area contributed by atoms with Gasteiger partial charge < -0.3 is 5.73 Å². The molecule has 0 unspecified atom stereocenters. The lowest BCUT2D eigenvalue weighted by Gasteiger charge is -2.14. The second kappa shape index (κ2) is 8.75. The molecule has 0 spiro atoms. The van der Waals surface area contributed by atoms with Crippen molar-refractivity contribution in [3.63, 3.8) is 0 Å². The zero-order valence-electron chi connectivity index (χ0n) is 18.8. The summed E-state index contributed by atoms with van der Waals surface area (Å²) in [6, 6.07) is 26.1. The minimum absolute atomic E-state index is 0.203. The van der Waals surface area contributed by atoms with Gasteiger partial charge in [-0.3, -0.25) is 9.36 Å². The summed E-state index contributed by atoms with van der Waals surface area (Å²) in [5.74, 6) is 0.677. The maximum absolute atomic E-state index is 13.8. The molecule has 9 heteroatoms. The van der Waals surface area contributed by atoms with E-state index in [0.29, 0.717) is 33.3 Å². The lowest BCUT2D eigenvalue weighted by molar-refractivity contribution is 0.888. The molecule has 0 amide bonds. The third-order valence-corrected chi connectivity index (χ3v) is 6.05. The van der Waals surface area contributed by atoms with E-state index in [1.54, 1.807) is 52.0 Å². The molecule has 0 aliphatic carbocycles. The molecule has 8 nitrogen and oxygen atoms in total. The lowest BCUT2D eigenvalue weighted by atomic mass is 10.1. The van der Waals surface area contributed by atoms with Crippen molar-refractivity contribution in [2.75, 3.05) is 5.73 Å². The average molecular weight is 492 g/mol. The van der Waals surface area contributed by atoms with Crippen LogP contribution in [-0.2, 0) is 0 Å². The molecule has 174 valence electrons. The standard InChI is InChI=1S/C27H18ClN7O/c28-19-10-12-20(13-11-19)34-24(18-8-6-17(7-9-18)23-14-15-30-27(29)32-23)33-25-22(26(34)36)16-31-35(25)21-4-2-1-3-5-21/h1-16H,(H2,29,30,32). The molecule has 0 saturated carbocycles. The van der Waals surface area contributed by atoms with Crippen molar-refractivity contribution >= 4 is 28.6 Å². The molecular weight excluding hydrogens is 474 g/mol. The van der Waals surface area contributed by atoms with Crippen LogP contribution < -0.4 is 11.3 Å².